The first-order valence-corrected chi connectivity index (χ1v) is 10.9. The van der Waals surface area contributed by atoms with Crippen LogP contribution in [0.1, 0.15) is 25.2 Å². The second-order valence-corrected chi connectivity index (χ2v) is 7.95. The Labute approximate surface area is 191 Å². The van der Waals surface area contributed by atoms with Crippen LogP contribution in [0.25, 0.3) is 16.9 Å². The van der Waals surface area contributed by atoms with Crippen LogP contribution in [0.2, 0.25) is 0 Å². The summed E-state index contributed by atoms with van der Waals surface area (Å²) in [6.45, 7) is 10.5. The van der Waals surface area contributed by atoms with E-state index in [0.29, 0.717) is 36.0 Å². The van der Waals surface area contributed by atoms with Gasteiger partial charge in [-0.05, 0) is 31.1 Å². The summed E-state index contributed by atoms with van der Waals surface area (Å²) < 4.78 is 7.34. The minimum absolute atomic E-state index is 0.200. The van der Waals surface area contributed by atoms with Crippen molar-refractivity contribution >= 4 is 23.1 Å². The van der Waals surface area contributed by atoms with Gasteiger partial charge in [0, 0.05) is 30.1 Å². The molecule has 168 valence electrons. The number of allylic oxidation sites excluding steroid dienone is 5. The summed E-state index contributed by atoms with van der Waals surface area (Å²) >= 11 is 6.38. The lowest BCUT2D eigenvalue weighted by Crippen LogP contribution is -2.37. The van der Waals surface area contributed by atoms with Gasteiger partial charge < -0.3 is 19.7 Å². The molecule has 0 amide bonds. The van der Waals surface area contributed by atoms with E-state index in [1.165, 1.54) is 0 Å². The summed E-state index contributed by atoms with van der Waals surface area (Å²) in [5.74, 6) is 0.820. The fraction of sp³-hybridized carbons (Fsp3) is 0.348. The number of aromatic nitrogens is 5. The summed E-state index contributed by atoms with van der Waals surface area (Å²) in [6.07, 6.45) is 7.53. The van der Waals surface area contributed by atoms with Gasteiger partial charge in [0.1, 0.15) is 0 Å². The van der Waals surface area contributed by atoms with Gasteiger partial charge >= 0.3 is 0 Å². The van der Waals surface area contributed by atoms with E-state index in [-0.39, 0.29) is 6.61 Å². The lowest BCUT2D eigenvalue weighted by molar-refractivity contribution is 0.122. The van der Waals surface area contributed by atoms with Crippen LogP contribution in [0.3, 0.4) is 0 Å². The van der Waals surface area contributed by atoms with E-state index >= 15 is 0 Å². The molecule has 4 rings (SSSR count). The van der Waals surface area contributed by atoms with Crippen molar-refractivity contribution in [1.29, 1.82) is 0 Å². The molecule has 0 radical (unpaired) electrons. The Morgan fingerprint density at radius 2 is 2.16 bits per heavy atom. The Hall–Kier alpha value is -2.94. The second-order valence-electron chi connectivity index (χ2n) is 7.55. The fourth-order valence-corrected chi connectivity index (χ4v) is 3.98. The monoisotopic (exact) mass is 454 g/mol. The summed E-state index contributed by atoms with van der Waals surface area (Å²) in [5.41, 5.74) is 5.61. The molecule has 0 unspecified atom stereocenters. The van der Waals surface area contributed by atoms with Crippen molar-refractivity contribution in [1.82, 2.24) is 24.6 Å². The number of aromatic amines is 1. The highest BCUT2D eigenvalue weighted by atomic mass is 35.5. The Bertz CT molecular complexity index is 1170. The third kappa shape index (κ3) is 4.21. The summed E-state index contributed by atoms with van der Waals surface area (Å²) in [4.78, 5) is 14.3. The Kier molecular flexibility index (Phi) is 6.74. The van der Waals surface area contributed by atoms with Crippen LogP contribution in [0.5, 0.6) is 0 Å². The van der Waals surface area contributed by atoms with Crippen LogP contribution in [0, 0.1) is 0 Å². The zero-order valence-electron chi connectivity index (χ0n) is 18.3. The van der Waals surface area contributed by atoms with Crippen molar-refractivity contribution in [3.8, 4) is 11.3 Å². The lowest BCUT2D eigenvalue weighted by Gasteiger charge is -2.28. The number of aliphatic hydroxyl groups excluding tert-OH is 1. The molecule has 0 atom stereocenters. The molecule has 0 aromatic carbocycles. The van der Waals surface area contributed by atoms with Crippen molar-refractivity contribution in [2.45, 2.75) is 26.9 Å². The molecule has 0 bridgehead atoms. The zero-order valence-corrected chi connectivity index (χ0v) is 19.1. The maximum atomic E-state index is 10.1. The van der Waals surface area contributed by atoms with Gasteiger partial charge in [0.25, 0.3) is 0 Å². The van der Waals surface area contributed by atoms with Crippen LogP contribution in [0.4, 0.5) is 5.82 Å². The minimum Gasteiger partial charge on any atom is -0.390 e. The van der Waals surface area contributed by atoms with E-state index < -0.39 is 0 Å². The van der Waals surface area contributed by atoms with E-state index in [1.807, 2.05) is 30.5 Å². The molecule has 3 aromatic rings. The number of aliphatic hydroxyl groups is 1. The number of morpholine rings is 1. The number of halogens is 1. The first-order chi connectivity index (χ1) is 15.6. The van der Waals surface area contributed by atoms with Gasteiger partial charge in [0.05, 0.1) is 49.4 Å². The highest BCUT2D eigenvalue weighted by molar-refractivity contribution is 6.32. The van der Waals surface area contributed by atoms with Crippen LogP contribution in [-0.2, 0) is 17.8 Å². The summed E-state index contributed by atoms with van der Waals surface area (Å²) in [5, 5.41) is 15.7. The van der Waals surface area contributed by atoms with Crippen LogP contribution >= 0.6 is 11.6 Å². The van der Waals surface area contributed by atoms with E-state index in [0.717, 1.165) is 47.0 Å². The van der Waals surface area contributed by atoms with Crippen LogP contribution in [0.15, 0.2) is 53.5 Å². The average Bonchev–Trinajstić information content (AvgIpc) is 3.49. The largest absolute Gasteiger partial charge is 0.390 e. The Morgan fingerprint density at radius 1 is 1.38 bits per heavy atom. The first kappa shape index (κ1) is 22.3. The molecule has 32 heavy (non-hydrogen) atoms. The predicted molar refractivity (Wildman–Crippen MR) is 126 cm³/mol. The van der Waals surface area contributed by atoms with Crippen LogP contribution in [-0.4, -0.2) is 56.0 Å². The molecule has 0 spiro atoms. The highest BCUT2D eigenvalue weighted by Gasteiger charge is 2.22. The quantitative estimate of drug-likeness (QED) is 0.529. The molecule has 4 heterocycles. The molecule has 8 nitrogen and oxygen atoms in total. The van der Waals surface area contributed by atoms with Gasteiger partial charge in [-0.1, -0.05) is 30.3 Å². The molecule has 9 heteroatoms. The van der Waals surface area contributed by atoms with Crippen molar-refractivity contribution in [2.24, 2.45) is 0 Å². The smallest absolute Gasteiger partial charge is 0.163 e. The maximum absolute atomic E-state index is 10.1. The summed E-state index contributed by atoms with van der Waals surface area (Å²) in [6, 6.07) is 2.01. The predicted octanol–water partition coefficient (Wildman–Crippen LogP) is 3.64. The first-order valence-electron chi connectivity index (χ1n) is 10.6. The number of anilines is 1. The third-order valence-corrected chi connectivity index (χ3v) is 6.22. The van der Waals surface area contributed by atoms with Crippen LogP contribution < -0.4 is 4.90 Å². The van der Waals surface area contributed by atoms with E-state index in [1.54, 1.807) is 18.6 Å². The third-order valence-electron chi connectivity index (χ3n) is 5.72. The zero-order chi connectivity index (χ0) is 22.7. The number of nitrogens with zero attached hydrogens (tertiary/aromatic N) is 5. The fourth-order valence-electron chi connectivity index (χ4n) is 3.86. The van der Waals surface area contributed by atoms with Gasteiger partial charge in [-0.15, -0.1) is 5.10 Å². The molecule has 1 aliphatic rings. The van der Waals surface area contributed by atoms with Crippen molar-refractivity contribution in [2.75, 3.05) is 31.2 Å². The topological polar surface area (TPSA) is 91.6 Å². The minimum atomic E-state index is -0.200. The number of rotatable bonds is 7. The summed E-state index contributed by atoms with van der Waals surface area (Å²) in [7, 11) is 0. The number of H-pyrrole nitrogens is 1. The standard InChI is InChI=1S/C23H27ClN6O2/c1-4-16(15(3)18(24)5-2)10-21-20(13-31)27-23-17(19-12-25-14-26-19)11-22(28-30(21)23)29-6-8-32-9-7-29/h4-5,11-12,14,31H,1,6-10,13H2,2-3H3,(H,25,26)/b16-15+,18-5+. The molecule has 1 saturated heterocycles. The van der Waals surface area contributed by atoms with Gasteiger partial charge in [-0.2, -0.15) is 0 Å². The molecule has 2 N–H and O–H groups in total. The van der Waals surface area contributed by atoms with Crippen molar-refractivity contribution < 1.29 is 9.84 Å². The molecule has 1 fully saturated rings. The number of hydrogen-bond donors (Lipinski definition) is 2. The van der Waals surface area contributed by atoms with Crippen molar-refractivity contribution in [3.63, 3.8) is 0 Å². The SMILES string of the molecule is C=C/C(Cc1c(CO)nc2c(-c3cnc[nH]3)cc(N3CCOCC3)nn12)=C(C)\C(Cl)=C/C. The highest BCUT2D eigenvalue weighted by Crippen LogP contribution is 2.30. The van der Waals surface area contributed by atoms with E-state index in [9.17, 15) is 5.11 Å². The normalized spacial score (nSPS) is 15.9. The van der Waals surface area contributed by atoms with E-state index in [2.05, 4.69) is 21.4 Å². The number of hydrogen-bond acceptors (Lipinski definition) is 6. The number of ether oxygens (including phenoxy) is 1. The molecule has 0 aliphatic carbocycles. The maximum Gasteiger partial charge on any atom is 0.163 e. The average molecular weight is 455 g/mol. The van der Waals surface area contributed by atoms with E-state index in [4.69, 9.17) is 26.4 Å². The Morgan fingerprint density at radius 3 is 2.78 bits per heavy atom. The second kappa shape index (κ2) is 9.68. The molecular formula is C23H27ClN6O2. The number of imidazole rings is 2. The van der Waals surface area contributed by atoms with Gasteiger partial charge in [0.15, 0.2) is 11.5 Å². The molecule has 1 aliphatic heterocycles. The van der Waals surface area contributed by atoms with Gasteiger partial charge in [-0.3, -0.25) is 0 Å². The molecule has 3 aromatic heterocycles. The number of nitrogens with one attached hydrogen (secondary N) is 1. The van der Waals surface area contributed by atoms with Gasteiger partial charge in [-0.25, -0.2) is 14.5 Å². The van der Waals surface area contributed by atoms with Gasteiger partial charge in [0.2, 0.25) is 0 Å². The van der Waals surface area contributed by atoms with Crippen molar-refractivity contribution in [3.05, 3.63) is 64.9 Å². The number of fused-ring (bicyclic) bond motifs is 1. The lowest BCUT2D eigenvalue weighted by atomic mass is 10.0. The Balaban J connectivity index is 1.92. The molecular weight excluding hydrogens is 428 g/mol. The molecule has 0 saturated carbocycles.